The summed E-state index contributed by atoms with van der Waals surface area (Å²) >= 11 is 0. The number of para-hydroxylation sites is 2. The molecule has 0 unspecified atom stereocenters. The summed E-state index contributed by atoms with van der Waals surface area (Å²) in [7, 11) is -1.23. The minimum atomic E-state index is -4.23. The number of aryl methyl sites for hydroxylation is 1. The smallest absolute Gasteiger partial charge is 0.294 e. The first-order valence-corrected chi connectivity index (χ1v) is 17.4. The van der Waals surface area contributed by atoms with Crippen molar-refractivity contribution in [2.24, 2.45) is 0 Å². The van der Waals surface area contributed by atoms with Crippen molar-refractivity contribution >= 4 is 22.1 Å². The molecule has 4 heterocycles. The molecule has 0 aliphatic carbocycles. The molecule has 55 heavy (non-hydrogen) atoms. The molecule has 0 saturated carbocycles. The van der Waals surface area contributed by atoms with Gasteiger partial charge >= 0.3 is 0 Å². The van der Waals surface area contributed by atoms with Crippen LogP contribution in [-0.4, -0.2) is 87.8 Å². The van der Waals surface area contributed by atoms with Crippen LogP contribution in [0.25, 0.3) is 22.9 Å². The van der Waals surface area contributed by atoms with Gasteiger partial charge in [-0.05, 0) is 59.7 Å². The number of ether oxygens (including phenoxy) is 4. The highest BCUT2D eigenvalue weighted by molar-refractivity contribution is 7.92. The third-order valence-corrected chi connectivity index (χ3v) is 8.30. The lowest BCUT2D eigenvalue weighted by molar-refractivity contribution is -0.763. The van der Waals surface area contributed by atoms with Gasteiger partial charge in [-0.15, -0.1) is 20.3 Å². The maximum absolute atomic E-state index is 13.5. The monoisotopic (exact) mass is 772 g/mol. The van der Waals surface area contributed by atoms with Crippen molar-refractivity contribution in [3.63, 3.8) is 0 Å². The Labute approximate surface area is 313 Å². The van der Waals surface area contributed by atoms with E-state index in [0.717, 1.165) is 5.56 Å². The predicted molar refractivity (Wildman–Crippen MR) is 192 cm³/mol. The Kier molecular flexibility index (Phi) is 13.2. The second kappa shape index (κ2) is 18.6. The minimum Gasteiger partial charge on any atom is -0.493 e. The third kappa shape index (κ3) is 10.7. The minimum absolute atomic E-state index is 0.0598. The van der Waals surface area contributed by atoms with Crippen molar-refractivity contribution in [1.29, 1.82) is 0 Å². The van der Waals surface area contributed by atoms with Crippen LogP contribution in [0.4, 0.5) is 5.82 Å². The quantitative estimate of drug-likeness (QED) is 0.0603. The number of H-pyrrole nitrogens is 1. The zero-order valence-corrected chi connectivity index (χ0v) is 30.2. The predicted octanol–water partition coefficient (Wildman–Crippen LogP) is 4.26. The van der Waals surface area contributed by atoms with Gasteiger partial charge in [0.15, 0.2) is 28.2 Å². The number of carbonyl (C=O) groups is 1. The molecular formula is C34H32N10O10S. The summed E-state index contributed by atoms with van der Waals surface area (Å²) in [6.07, 6.45) is 3.63. The van der Waals surface area contributed by atoms with Gasteiger partial charge in [-0.1, -0.05) is 36.4 Å². The first-order valence-electron chi connectivity index (χ1n) is 15.9. The maximum atomic E-state index is 13.5. The van der Waals surface area contributed by atoms with E-state index in [1.165, 1.54) is 38.7 Å². The van der Waals surface area contributed by atoms with Crippen LogP contribution in [0, 0.1) is 17.0 Å². The zero-order chi connectivity index (χ0) is 39.2. The Hall–Kier alpha value is -7.13. The number of aldehydes is 1. The van der Waals surface area contributed by atoms with Gasteiger partial charge in [-0.2, -0.15) is 18.6 Å². The largest absolute Gasteiger partial charge is 0.493 e. The lowest BCUT2D eigenvalue weighted by atomic mass is 10.1. The van der Waals surface area contributed by atoms with Gasteiger partial charge in [0.2, 0.25) is 11.6 Å². The van der Waals surface area contributed by atoms with Gasteiger partial charge in [-0.25, -0.2) is 9.97 Å². The SMILES string of the molecule is COCCOc1nc(-c2ccnc(-c3nn[nH]n3)c2)nc(NS(=O)(=O)c2ccc(C)cn2)c1Oc1ccccc1OC.O=Cc1cccc(CO[N+](=O)[O-])c1. The van der Waals surface area contributed by atoms with Crippen molar-refractivity contribution in [3.8, 4) is 46.0 Å². The highest BCUT2D eigenvalue weighted by Gasteiger charge is 2.26. The number of methoxy groups -OCH3 is 2. The summed E-state index contributed by atoms with van der Waals surface area (Å²) in [5.74, 6) is 0.617. The molecule has 0 atom stereocenters. The fourth-order valence-corrected chi connectivity index (χ4v) is 5.43. The van der Waals surface area contributed by atoms with Gasteiger partial charge < -0.3 is 23.8 Å². The first kappa shape index (κ1) is 39.1. The number of benzene rings is 2. The summed E-state index contributed by atoms with van der Waals surface area (Å²) < 4.78 is 52.0. The highest BCUT2D eigenvalue weighted by Crippen LogP contribution is 2.41. The normalized spacial score (nSPS) is 10.7. The van der Waals surface area contributed by atoms with Gasteiger partial charge in [0.25, 0.3) is 21.0 Å². The second-order valence-electron chi connectivity index (χ2n) is 10.9. The van der Waals surface area contributed by atoms with Gasteiger partial charge in [0.1, 0.15) is 25.2 Å². The molecule has 20 nitrogen and oxygen atoms in total. The van der Waals surface area contributed by atoms with Crippen molar-refractivity contribution < 1.29 is 42.1 Å². The Morgan fingerprint density at radius 1 is 0.945 bits per heavy atom. The number of nitrogens with one attached hydrogen (secondary N) is 2. The number of nitrogens with zero attached hydrogens (tertiary/aromatic N) is 8. The fourth-order valence-electron chi connectivity index (χ4n) is 4.49. The molecule has 0 bridgehead atoms. The standard InChI is InChI=1S/C26H25N9O6S.C8H7NO4/c1-16-8-9-21(28-15-16)42(36,37)33-25-22(41-20-7-5-4-6-19(20)39-3)26(40-13-12-38-2)30-23(29-25)17-10-11-27-18(14-17)24-31-34-35-32-24;10-5-7-2-1-3-8(4-7)6-13-9(11)12/h4-11,14-15H,12-13H2,1-3H3,(H,29,30,33)(H,31,32,34,35);1-5H,6H2. The average Bonchev–Trinajstić information content (AvgIpc) is 3.74. The molecule has 284 valence electrons. The summed E-state index contributed by atoms with van der Waals surface area (Å²) in [4.78, 5) is 41.7. The van der Waals surface area contributed by atoms with Gasteiger partial charge in [0, 0.05) is 30.6 Å². The maximum Gasteiger partial charge on any atom is 0.294 e. The van der Waals surface area contributed by atoms with Crippen LogP contribution in [-0.2, 0) is 26.2 Å². The molecule has 6 aromatic rings. The number of anilines is 1. The molecule has 0 aliphatic rings. The molecule has 21 heteroatoms. The molecule has 0 amide bonds. The summed E-state index contributed by atoms with van der Waals surface area (Å²) in [6.45, 7) is 1.97. The Morgan fingerprint density at radius 3 is 2.45 bits per heavy atom. The molecule has 0 aliphatic heterocycles. The second-order valence-corrected chi connectivity index (χ2v) is 12.6. The van der Waals surface area contributed by atoms with E-state index in [0.29, 0.717) is 34.4 Å². The van der Waals surface area contributed by atoms with Crippen molar-refractivity contribution in [1.82, 2.24) is 40.6 Å². The number of sulfonamides is 1. The van der Waals surface area contributed by atoms with E-state index in [1.807, 2.05) is 0 Å². The number of pyridine rings is 2. The molecule has 2 N–H and O–H groups in total. The molecule has 0 radical (unpaired) electrons. The lowest BCUT2D eigenvalue weighted by Gasteiger charge is -2.18. The number of aromatic nitrogens is 8. The summed E-state index contributed by atoms with van der Waals surface area (Å²) in [5.41, 5.74) is 2.71. The Bertz CT molecular complexity index is 2330. The Balaban J connectivity index is 0.000000378. The van der Waals surface area contributed by atoms with Crippen LogP contribution in [0.15, 0.2) is 90.2 Å². The van der Waals surface area contributed by atoms with Crippen molar-refractivity contribution in [3.05, 3.63) is 112 Å². The first-order chi connectivity index (χ1) is 26.6. The molecule has 0 fully saturated rings. The Morgan fingerprint density at radius 2 is 1.76 bits per heavy atom. The van der Waals surface area contributed by atoms with Gasteiger partial charge in [0.05, 0.1) is 13.7 Å². The van der Waals surface area contributed by atoms with Gasteiger partial charge in [-0.3, -0.25) is 14.5 Å². The number of aromatic amines is 1. The fraction of sp³-hybridized carbons (Fsp3) is 0.176. The van der Waals surface area contributed by atoms with Crippen LogP contribution in [0.1, 0.15) is 21.5 Å². The van der Waals surface area contributed by atoms with E-state index in [4.69, 9.17) is 18.9 Å². The number of hydrogen-bond acceptors (Lipinski definition) is 17. The van der Waals surface area contributed by atoms with E-state index in [2.05, 4.69) is 50.1 Å². The van der Waals surface area contributed by atoms with E-state index in [-0.39, 0.29) is 59.7 Å². The van der Waals surface area contributed by atoms with E-state index < -0.39 is 15.1 Å². The average molecular weight is 773 g/mol. The van der Waals surface area contributed by atoms with E-state index in [9.17, 15) is 23.3 Å². The van der Waals surface area contributed by atoms with Crippen molar-refractivity contribution in [2.75, 3.05) is 32.2 Å². The van der Waals surface area contributed by atoms with Crippen LogP contribution >= 0.6 is 0 Å². The number of carbonyl (C=O) groups excluding carboxylic acids is 1. The number of hydrogen-bond donors (Lipinski definition) is 2. The third-order valence-electron chi connectivity index (χ3n) is 7.05. The summed E-state index contributed by atoms with van der Waals surface area (Å²) in [6, 6.07) is 19.5. The topological polar surface area (TPSA) is 259 Å². The van der Waals surface area contributed by atoms with E-state index in [1.54, 1.807) is 67.6 Å². The molecule has 2 aromatic carbocycles. The molecular weight excluding hydrogens is 741 g/mol. The highest BCUT2D eigenvalue weighted by atomic mass is 32.2. The van der Waals surface area contributed by atoms with E-state index >= 15 is 0 Å². The summed E-state index contributed by atoms with van der Waals surface area (Å²) in [5, 5.41) is 22.6. The van der Waals surface area contributed by atoms with Crippen LogP contribution in [0.5, 0.6) is 23.1 Å². The van der Waals surface area contributed by atoms with Crippen molar-refractivity contribution in [2.45, 2.75) is 18.6 Å². The van der Waals surface area contributed by atoms with Crippen LogP contribution < -0.4 is 18.9 Å². The van der Waals surface area contributed by atoms with Crippen LogP contribution in [0.2, 0.25) is 0 Å². The molecule has 6 rings (SSSR count). The molecule has 0 saturated heterocycles. The molecule has 4 aromatic heterocycles. The zero-order valence-electron chi connectivity index (χ0n) is 29.4. The molecule has 0 spiro atoms. The lowest BCUT2D eigenvalue weighted by Crippen LogP contribution is -2.17. The number of tetrazole rings is 1. The van der Waals surface area contributed by atoms with Crippen LogP contribution in [0.3, 0.4) is 0 Å². The number of rotatable bonds is 16.